The van der Waals surface area contributed by atoms with Crippen LogP contribution in [0.4, 0.5) is 13.2 Å². The van der Waals surface area contributed by atoms with Crippen LogP contribution in [-0.4, -0.2) is 29.6 Å². The molecule has 13 heavy (non-hydrogen) atoms. The first-order valence-corrected chi connectivity index (χ1v) is 4.16. The number of carboxylic acids is 1. The normalized spacial score (nSPS) is 40.2. The smallest absolute Gasteiger partial charge is 0.303 e. The zero-order valence-corrected chi connectivity index (χ0v) is 6.92. The number of rotatable bonds is 2. The van der Waals surface area contributed by atoms with E-state index in [0.29, 0.717) is 0 Å². The van der Waals surface area contributed by atoms with Gasteiger partial charge in [-0.25, -0.2) is 13.2 Å². The number of halogens is 3. The lowest BCUT2D eigenvalue weighted by Gasteiger charge is -2.29. The van der Waals surface area contributed by atoms with Gasteiger partial charge in [-0.1, -0.05) is 0 Å². The summed E-state index contributed by atoms with van der Waals surface area (Å²) in [5.74, 6) is -2.04. The van der Waals surface area contributed by atoms with E-state index in [1.54, 1.807) is 0 Å². The van der Waals surface area contributed by atoms with Crippen molar-refractivity contribution in [3.8, 4) is 0 Å². The van der Waals surface area contributed by atoms with Crippen LogP contribution < -0.4 is 0 Å². The molecular weight excluding hydrogens is 185 g/mol. The van der Waals surface area contributed by atoms with Crippen LogP contribution in [0.1, 0.15) is 19.3 Å². The molecule has 1 N–H and O–H groups in total. The molecule has 2 nitrogen and oxygen atoms in total. The van der Waals surface area contributed by atoms with Gasteiger partial charge in [0.15, 0.2) is 6.17 Å². The van der Waals surface area contributed by atoms with Gasteiger partial charge in [-0.2, -0.15) is 0 Å². The molecule has 1 aliphatic carbocycles. The molecule has 0 aromatic rings. The van der Waals surface area contributed by atoms with Gasteiger partial charge in [-0.3, -0.25) is 4.79 Å². The van der Waals surface area contributed by atoms with Crippen LogP contribution in [0.3, 0.4) is 0 Å². The summed E-state index contributed by atoms with van der Waals surface area (Å²) in [4.78, 5) is 10.2. The van der Waals surface area contributed by atoms with Gasteiger partial charge in [0.2, 0.25) is 0 Å². The second-order valence-electron chi connectivity index (χ2n) is 3.34. The van der Waals surface area contributed by atoms with Gasteiger partial charge in [-0.05, 0) is 12.8 Å². The highest BCUT2D eigenvalue weighted by atomic mass is 19.2. The van der Waals surface area contributed by atoms with Crippen LogP contribution in [0.25, 0.3) is 0 Å². The van der Waals surface area contributed by atoms with Crippen molar-refractivity contribution < 1.29 is 23.1 Å². The van der Waals surface area contributed by atoms with Crippen molar-refractivity contribution in [3.63, 3.8) is 0 Å². The maximum atomic E-state index is 13.0. The second kappa shape index (κ2) is 3.98. The Morgan fingerprint density at radius 1 is 1.23 bits per heavy atom. The highest BCUT2D eigenvalue weighted by molar-refractivity contribution is 5.67. The van der Waals surface area contributed by atoms with E-state index < -0.39 is 36.8 Å². The van der Waals surface area contributed by atoms with E-state index in [9.17, 15) is 18.0 Å². The van der Waals surface area contributed by atoms with Crippen LogP contribution in [0.5, 0.6) is 0 Å². The Kier molecular flexibility index (Phi) is 3.17. The largest absolute Gasteiger partial charge is 0.481 e. The van der Waals surface area contributed by atoms with E-state index in [2.05, 4.69) is 0 Å². The quantitative estimate of drug-likeness (QED) is 0.732. The average Bonchev–Trinajstić information content (AvgIpc) is 2.06. The molecule has 0 saturated heterocycles. The minimum atomic E-state index is -2.15. The molecule has 1 aliphatic rings. The first kappa shape index (κ1) is 10.3. The summed E-state index contributed by atoms with van der Waals surface area (Å²) >= 11 is 0. The summed E-state index contributed by atoms with van der Waals surface area (Å²) in [5, 5.41) is 8.35. The van der Waals surface area contributed by atoms with Gasteiger partial charge in [0.25, 0.3) is 0 Å². The Balaban J connectivity index is 2.53. The molecule has 76 valence electrons. The summed E-state index contributed by atoms with van der Waals surface area (Å²) in [6.45, 7) is 0. The summed E-state index contributed by atoms with van der Waals surface area (Å²) in [7, 11) is 0. The molecule has 5 heteroatoms. The lowest BCUT2D eigenvalue weighted by atomic mass is 9.83. The van der Waals surface area contributed by atoms with Crippen LogP contribution in [-0.2, 0) is 4.79 Å². The Labute approximate surface area is 73.7 Å². The molecular formula is C8H11F3O2. The van der Waals surface area contributed by atoms with Crippen LogP contribution in [0.15, 0.2) is 0 Å². The van der Waals surface area contributed by atoms with Gasteiger partial charge in [-0.15, -0.1) is 0 Å². The monoisotopic (exact) mass is 196 g/mol. The summed E-state index contributed by atoms with van der Waals surface area (Å²) in [5.41, 5.74) is 0. The Hall–Kier alpha value is -0.740. The van der Waals surface area contributed by atoms with Crippen molar-refractivity contribution in [1.82, 2.24) is 0 Å². The molecule has 0 aliphatic heterocycles. The van der Waals surface area contributed by atoms with E-state index in [0.717, 1.165) is 0 Å². The fourth-order valence-corrected chi connectivity index (χ4v) is 1.59. The molecule has 0 heterocycles. The predicted octanol–water partition coefficient (Wildman–Crippen LogP) is 1.89. The van der Waals surface area contributed by atoms with Crippen molar-refractivity contribution in [3.05, 3.63) is 0 Å². The van der Waals surface area contributed by atoms with E-state index in [1.807, 2.05) is 0 Å². The third-order valence-electron chi connectivity index (χ3n) is 2.35. The predicted molar refractivity (Wildman–Crippen MR) is 39.7 cm³/mol. The van der Waals surface area contributed by atoms with Crippen molar-refractivity contribution in [2.75, 3.05) is 0 Å². The number of carboxylic acid groups (broad SMARTS) is 1. The van der Waals surface area contributed by atoms with Crippen molar-refractivity contribution in [2.45, 2.75) is 37.8 Å². The SMILES string of the molecule is O=C(O)CC1CCC(F)C(F)C1F. The maximum Gasteiger partial charge on any atom is 0.303 e. The molecule has 0 amide bonds. The van der Waals surface area contributed by atoms with Crippen molar-refractivity contribution >= 4 is 5.97 Å². The molecule has 0 radical (unpaired) electrons. The minimum absolute atomic E-state index is 0.0838. The van der Waals surface area contributed by atoms with E-state index >= 15 is 0 Å². The lowest BCUT2D eigenvalue weighted by molar-refractivity contribution is -0.139. The fourth-order valence-electron chi connectivity index (χ4n) is 1.59. The third kappa shape index (κ3) is 2.35. The molecule has 1 rings (SSSR count). The van der Waals surface area contributed by atoms with Crippen LogP contribution in [0, 0.1) is 5.92 Å². The zero-order valence-electron chi connectivity index (χ0n) is 6.92. The molecule has 1 fully saturated rings. The molecule has 0 aromatic heterocycles. The van der Waals surface area contributed by atoms with Gasteiger partial charge in [0, 0.05) is 5.92 Å². The lowest BCUT2D eigenvalue weighted by Crippen LogP contribution is -2.40. The summed E-state index contributed by atoms with van der Waals surface area (Å²) < 4.78 is 38.3. The van der Waals surface area contributed by atoms with Crippen molar-refractivity contribution in [1.29, 1.82) is 0 Å². The van der Waals surface area contributed by atoms with Crippen molar-refractivity contribution in [2.24, 2.45) is 5.92 Å². The molecule has 4 atom stereocenters. The first-order valence-electron chi connectivity index (χ1n) is 4.16. The number of alkyl halides is 3. The maximum absolute atomic E-state index is 13.0. The summed E-state index contributed by atoms with van der Waals surface area (Å²) in [6.07, 6.45) is -6.30. The molecule has 0 bridgehead atoms. The Bertz CT molecular complexity index is 198. The van der Waals surface area contributed by atoms with E-state index in [-0.39, 0.29) is 12.8 Å². The third-order valence-corrected chi connectivity index (χ3v) is 2.35. The van der Waals surface area contributed by atoms with E-state index in [4.69, 9.17) is 5.11 Å². The number of hydrogen-bond acceptors (Lipinski definition) is 1. The minimum Gasteiger partial charge on any atom is -0.481 e. The van der Waals surface area contributed by atoms with Gasteiger partial charge in [0.05, 0.1) is 6.42 Å². The molecule has 4 unspecified atom stereocenters. The topological polar surface area (TPSA) is 37.3 Å². The molecule has 1 saturated carbocycles. The first-order chi connectivity index (χ1) is 6.02. The van der Waals surface area contributed by atoms with Gasteiger partial charge < -0.3 is 5.11 Å². The highest BCUT2D eigenvalue weighted by Gasteiger charge is 2.41. The summed E-state index contributed by atoms with van der Waals surface area (Å²) in [6, 6.07) is 0. The van der Waals surface area contributed by atoms with E-state index in [1.165, 1.54) is 0 Å². The average molecular weight is 196 g/mol. The Morgan fingerprint density at radius 3 is 2.38 bits per heavy atom. The fraction of sp³-hybridized carbons (Fsp3) is 0.875. The molecule has 0 aromatic carbocycles. The van der Waals surface area contributed by atoms with Crippen LogP contribution >= 0.6 is 0 Å². The number of hydrogen-bond donors (Lipinski definition) is 1. The van der Waals surface area contributed by atoms with Gasteiger partial charge >= 0.3 is 5.97 Å². The van der Waals surface area contributed by atoms with Crippen LogP contribution in [0.2, 0.25) is 0 Å². The second-order valence-corrected chi connectivity index (χ2v) is 3.34. The standard InChI is InChI=1S/C8H11F3O2/c9-5-2-1-4(3-6(12)13)7(10)8(5)11/h4-5,7-8H,1-3H2,(H,12,13). The number of carbonyl (C=O) groups is 1. The zero-order chi connectivity index (χ0) is 10.0. The van der Waals surface area contributed by atoms with Gasteiger partial charge in [0.1, 0.15) is 12.3 Å². The molecule has 0 spiro atoms. The Morgan fingerprint density at radius 2 is 1.85 bits per heavy atom. The highest BCUT2D eigenvalue weighted by Crippen LogP contribution is 2.33. The number of aliphatic carboxylic acids is 1.